The fourth-order valence-corrected chi connectivity index (χ4v) is 0.758. The molecule has 60 valence electrons. The number of hydrogen-bond donors (Lipinski definition) is 3. The highest BCUT2D eigenvalue weighted by Crippen LogP contribution is 2.16. The fourth-order valence-electron chi connectivity index (χ4n) is 0.758. The van der Waals surface area contributed by atoms with Crippen molar-refractivity contribution in [2.45, 2.75) is 13.0 Å². The Labute approximate surface area is 65.4 Å². The van der Waals surface area contributed by atoms with E-state index in [1.165, 1.54) is 0 Å². The molecule has 0 aromatic carbocycles. The SMILES string of the molecule is C[C@@H](N)c1cnc(N)c(N)c1. The molecule has 0 amide bonds. The number of aromatic nitrogens is 1. The standard InChI is InChI=1S/C7H12N4/c1-4(8)5-2-6(9)7(10)11-3-5/h2-4H,8-9H2,1H3,(H2,10,11)/t4-/m1/s1. The molecule has 0 saturated heterocycles. The van der Waals surface area contributed by atoms with Gasteiger partial charge >= 0.3 is 0 Å². The third kappa shape index (κ3) is 1.59. The van der Waals surface area contributed by atoms with Crippen LogP contribution in [0.3, 0.4) is 0 Å². The molecule has 0 bridgehead atoms. The molecule has 0 saturated carbocycles. The molecule has 6 N–H and O–H groups in total. The third-order valence-electron chi connectivity index (χ3n) is 1.50. The van der Waals surface area contributed by atoms with E-state index < -0.39 is 0 Å². The lowest BCUT2D eigenvalue weighted by Crippen LogP contribution is -2.07. The van der Waals surface area contributed by atoms with E-state index in [9.17, 15) is 0 Å². The molecule has 1 aromatic heterocycles. The highest BCUT2D eigenvalue weighted by atomic mass is 14.9. The van der Waals surface area contributed by atoms with Crippen LogP contribution in [0.15, 0.2) is 12.3 Å². The molecule has 0 aliphatic rings. The predicted octanol–water partition coefficient (Wildman–Crippen LogP) is 0.266. The Kier molecular flexibility index (Phi) is 1.96. The highest BCUT2D eigenvalue weighted by molar-refractivity contribution is 5.58. The predicted molar refractivity (Wildman–Crippen MR) is 45.7 cm³/mol. The minimum atomic E-state index is -0.0506. The van der Waals surface area contributed by atoms with E-state index in [0.29, 0.717) is 11.5 Å². The van der Waals surface area contributed by atoms with Crippen molar-refractivity contribution in [3.63, 3.8) is 0 Å². The third-order valence-corrected chi connectivity index (χ3v) is 1.50. The second kappa shape index (κ2) is 2.75. The summed E-state index contributed by atoms with van der Waals surface area (Å²) in [6.45, 7) is 1.87. The van der Waals surface area contributed by atoms with Crippen molar-refractivity contribution in [1.82, 2.24) is 4.98 Å². The van der Waals surface area contributed by atoms with Crippen molar-refractivity contribution in [3.8, 4) is 0 Å². The number of rotatable bonds is 1. The van der Waals surface area contributed by atoms with Gasteiger partial charge in [0, 0.05) is 12.2 Å². The first-order valence-electron chi connectivity index (χ1n) is 3.37. The number of anilines is 2. The summed E-state index contributed by atoms with van der Waals surface area (Å²) in [6.07, 6.45) is 1.64. The fraction of sp³-hybridized carbons (Fsp3) is 0.286. The van der Waals surface area contributed by atoms with Crippen LogP contribution in [0.1, 0.15) is 18.5 Å². The van der Waals surface area contributed by atoms with Crippen LogP contribution in [-0.4, -0.2) is 4.98 Å². The van der Waals surface area contributed by atoms with Gasteiger partial charge in [-0.2, -0.15) is 0 Å². The monoisotopic (exact) mass is 152 g/mol. The van der Waals surface area contributed by atoms with Gasteiger partial charge in [-0.05, 0) is 18.6 Å². The summed E-state index contributed by atoms with van der Waals surface area (Å²) in [5, 5.41) is 0. The Balaban J connectivity index is 3.05. The zero-order valence-corrected chi connectivity index (χ0v) is 6.41. The number of hydrogen-bond acceptors (Lipinski definition) is 4. The molecule has 1 atom stereocenters. The first kappa shape index (κ1) is 7.81. The smallest absolute Gasteiger partial charge is 0.146 e. The van der Waals surface area contributed by atoms with E-state index >= 15 is 0 Å². The topological polar surface area (TPSA) is 90.9 Å². The van der Waals surface area contributed by atoms with E-state index in [1.54, 1.807) is 12.3 Å². The maximum absolute atomic E-state index is 5.60. The molecule has 0 spiro atoms. The summed E-state index contributed by atoms with van der Waals surface area (Å²) >= 11 is 0. The van der Waals surface area contributed by atoms with Crippen LogP contribution in [0.25, 0.3) is 0 Å². The maximum atomic E-state index is 5.60. The van der Waals surface area contributed by atoms with Gasteiger partial charge in [0.1, 0.15) is 5.82 Å². The molecular weight excluding hydrogens is 140 g/mol. The Morgan fingerprint density at radius 1 is 1.45 bits per heavy atom. The van der Waals surface area contributed by atoms with Crippen LogP contribution >= 0.6 is 0 Å². The molecule has 0 aliphatic heterocycles. The van der Waals surface area contributed by atoms with Crippen LogP contribution in [-0.2, 0) is 0 Å². The Hall–Kier alpha value is -1.29. The summed E-state index contributed by atoms with van der Waals surface area (Å²) in [5.41, 5.74) is 17.9. The van der Waals surface area contributed by atoms with Gasteiger partial charge in [0.25, 0.3) is 0 Å². The summed E-state index contributed by atoms with van der Waals surface area (Å²) < 4.78 is 0. The van der Waals surface area contributed by atoms with Gasteiger partial charge < -0.3 is 17.2 Å². The average Bonchev–Trinajstić information content (AvgIpc) is 1.94. The van der Waals surface area contributed by atoms with Gasteiger partial charge in [-0.1, -0.05) is 0 Å². The molecule has 1 heterocycles. The molecule has 1 aromatic rings. The van der Waals surface area contributed by atoms with Gasteiger partial charge in [0.2, 0.25) is 0 Å². The van der Waals surface area contributed by atoms with Crippen molar-refractivity contribution >= 4 is 11.5 Å². The molecule has 0 aliphatic carbocycles. The first-order chi connectivity index (χ1) is 5.11. The van der Waals surface area contributed by atoms with Crippen molar-refractivity contribution in [2.75, 3.05) is 11.5 Å². The van der Waals surface area contributed by atoms with Crippen LogP contribution < -0.4 is 17.2 Å². The molecule has 0 unspecified atom stereocenters. The zero-order chi connectivity index (χ0) is 8.43. The number of nitrogens with two attached hydrogens (primary N) is 3. The lowest BCUT2D eigenvalue weighted by molar-refractivity contribution is 0.813. The first-order valence-corrected chi connectivity index (χ1v) is 3.37. The van der Waals surface area contributed by atoms with E-state index in [0.717, 1.165) is 5.56 Å². The molecule has 0 radical (unpaired) electrons. The van der Waals surface area contributed by atoms with Gasteiger partial charge in [-0.25, -0.2) is 4.98 Å². The summed E-state index contributed by atoms with van der Waals surface area (Å²) in [6, 6.07) is 1.69. The minimum Gasteiger partial charge on any atom is -0.396 e. The largest absolute Gasteiger partial charge is 0.396 e. The van der Waals surface area contributed by atoms with E-state index in [-0.39, 0.29) is 6.04 Å². The molecule has 4 heteroatoms. The number of nitrogen functional groups attached to an aromatic ring is 2. The summed E-state index contributed by atoms with van der Waals surface area (Å²) in [5.74, 6) is 0.356. The summed E-state index contributed by atoms with van der Waals surface area (Å²) in [7, 11) is 0. The van der Waals surface area contributed by atoms with E-state index in [1.807, 2.05) is 6.92 Å². The lowest BCUT2D eigenvalue weighted by Gasteiger charge is -2.06. The van der Waals surface area contributed by atoms with E-state index in [4.69, 9.17) is 17.2 Å². The van der Waals surface area contributed by atoms with Gasteiger partial charge in [0.05, 0.1) is 5.69 Å². The van der Waals surface area contributed by atoms with Gasteiger partial charge in [-0.3, -0.25) is 0 Å². The molecule has 11 heavy (non-hydrogen) atoms. The van der Waals surface area contributed by atoms with Crippen molar-refractivity contribution in [1.29, 1.82) is 0 Å². The van der Waals surface area contributed by atoms with Crippen molar-refractivity contribution in [3.05, 3.63) is 17.8 Å². The van der Waals surface area contributed by atoms with Crippen molar-refractivity contribution in [2.24, 2.45) is 5.73 Å². The van der Waals surface area contributed by atoms with Gasteiger partial charge in [-0.15, -0.1) is 0 Å². The van der Waals surface area contributed by atoms with E-state index in [2.05, 4.69) is 4.98 Å². The maximum Gasteiger partial charge on any atom is 0.146 e. The minimum absolute atomic E-state index is 0.0506. The zero-order valence-electron chi connectivity index (χ0n) is 6.41. The normalized spacial score (nSPS) is 12.9. The molecular formula is C7H12N4. The molecule has 4 nitrogen and oxygen atoms in total. The Morgan fingerprint density at radius 3 is 2.55 bits per heavy atom. The Bertz CT molecular complexity index is 257. The van der Waals surface area contributed by atoms with Crippen LogP contribution in [0, 0.1) is 0 Å². The number of nitrogens with zero attached hydrogens (tertiary/aromatic N) is 1. The lowest BCUT2D eigenvalue weighted by atomic mass is 10.1. The van der Waals surface area contributed by atoms with Crippen LogP contribution in [0.5, 0.6) is 0 Å². The van der Waals surface area contributed by atoms with Crippen LogP contribution in [0.4, 0.5) is 11.5 Å². The highest BCUT2D eigenvalue weighted by Gasteiger charge is 2.01. The van der Waals surface area contributed by atoms with Crippen molar-refractivity contribution < 1.29 is 0 Å². The number of pyridine rings is 1. The molecule has 1 rings (SSSR count). The average molecular weight is 152 g/mol. The second-order valence-corrected chi connectivity index (χ2v) is 2.53. The molecule has 0 fully saturated rings. The Morgan fingerprint density at radius 2 is 2.09 bits per heavy atom. The summed E-state index contributed by atoms with van der Waals surface area (Å²) in [4.78, 5) is 3.87. The van der Waals surface area contributed by atoms with Crippen LogP contribution in [0.2, 0.25) is 0 Å². The second-order valence-electron chi connectivity index (χ2n) is 2.53. The quantitative estimate of drug-likeness (QED) is 0.538. The van der Waals surface area contributed by atoms with Gasteiger partial charge in [0.15, 0.2) is 0 Å².